The minimum Gasteiger partial charge on any atom is -0.338 e. The first kappa shape index (κ1) is 16.7. The molecular formula is C17H24N4O3. The number of hydrogen-bond acceptors (Lipinski definition) is 4. The summed E-state index contributed by atoms with van der Waals surface area (Å²) in [4.78, 5) is 27.2. The topological polar surface area (TPSA) is 78.7 Å². The highest BCUT2D eigenvalue weighted by molar-refractivity contribution is 5.74. The van der Waals surface area contributed by atoms with Crippen molar-refractivity contribution in [3.05, 3.63) is 39.9 Å². The molecule has 0 bridgehead atoms. The van der Waals surface area contributed by atoms with Crippen LogP contribution in [-0.2, 0) is 6.42 Å². The Morgan fingerprint density at radius 2 is 2.00 bits per heavy atom. The van der Waals surface area contributed by atoms with E-state index in [1.165, 1.54) is 18.9 Å². The van der Waals surface area contributed by atoms with Crippen molar-refractivity contribution in [2.75, 3.05) is 32.7 Å². The van der Waals surface area contributed by atoms with Gasteiger partial charge in [-0.15, -0.1) is 0 Å². The molecule has 0 saturated carbocycles. The molecule has 0 spiro atoms. The van der Waals surface area contributed by atoms with Crippen LogP contribution in [0.3, 0.4) is 0 Å². The monoisotopic (exact) mass is 332 g/mol. The van der Waals surface area contributed by atoms with Gasteiger partial charge >= 0.3 is 6.03 Å². The van der Waals surface area contributed by atoms with E-state index < -0.39 is 0 Å². The Balaban J connectivity index is 1.45. The highest BCUT2D eigenvalue weighted by atomic mass is 16.6. The van der Waals surface area contributed by atoms with Gasteiger partial charge in [-0.3, -0.25) is 15.0 Å². The number of rotatable bonds is 5. The molecule has 1 aromatic carbocycles. The molecule has 130 valence electrons. The third-order valence-corrected chi connectivity index (χ3v) is 4.97. The van der Waals surface area contributed by atoms with Crippen LogP contribution in [-0.4, -0.2) is 59.5 Å². The second-order valence-corrected chi connectivity index (χ2v) is 6.50. The van der Waals surface area contributed by atoms with Crippen LogP contribution < -0.4 is 5.32 Å². The summed E-state index contributed by atoms with van der Waals surface area (Å²) >= 11 is 0. The van der Waals surface area contributed by atoms with Gasteiger partial charge in [-0.2, -0.15) is 0 Å². The van der Waals surface area contributed by atoms with Crippen LogP contribution in [0.4, 0.5) is 10.5 Å². The molecule has 2 amide bonds. The number of nitrogens with one attached hydrogen (secondary N) is 1. The van der Waals surface area contributed by atoms with Gasteiger partial charge in [-0.25, -0.2) is 4.79 Å². The number of nitro benzene ring substituents is 1. The van der Waals surface area contributed by atoms with E-state index >= 15 is 0 Å². The highest BCUT2D eigenvalue weighted by Crippen LogP contribution is 2.20. The maximum atomic E-state index is 12.3. The predicted molar refractivity (Wildman–Crippen MR) is 91.0 cm³/mol. The van der Waals surface area contributed by atoms with Crippen molar-refractivity contribution in [2.45, 2.75) is 31.7 Å². The number of carbonyl (C=O) groups is 1. The lowest BCUT2D eigenvalue weighted by Gasteiger charge is -2.23. The van der Waals surface area contributed by atoms with Crippen molar-refractivity contribution in [3.63, 3.8) is 0 Å². The van der Waals surface area contributed by atoms with Crippen molar-refractivity contribution in [2.24, 2.45) is 0 Å². The van der Waals surface area contributed by atoms with E-state index in [4.69, 9.17) is 0 Å². The van der Waals surface area contributed by atoms with Gasteiger partial charge < -0.3 is 10.2 Å². The molecule has 24 heavy (non-hydrogen) atoms. The Morgan fingerprint density at radius 3 is 2.75 bits per heavy atom. The van der Waals surface area contributed by atoms with Crippen molar-refractivity contribution in [1.29, 1.82) is 0 Å². The lowest BCUT2D eigenvalue weighted by molar-refractivity contribution is -0.385. The molecule has 0 aromatic heterocycles. The van der Waals surface area contributed by atoms with Crippen molar-refractivity contribution in [3.8, 4) is 0 Å². The Bertz CT molecular complexity index is 601. The third-order valence-electron chi connectivity index (χ3n) is 4.97. The number of para-hydroxylation sites is 1. The second-order valence-electron chi connectivity index (χ2n) is 6.50. The van der Waals surface area contributed by atoms with Crippen LogP contribution in [0, 0.1) is 10.1 Å². The molecule has 2 aliphatic heterocycles. The molecule has 3 rings (SSSR count). The lowest BCUT2D eigenvalue weighted by atomic mass is 10.1. The van der Waals surface area contributed by atoms with Gasteiger partial charge in [-0.05, 0) is 38.8 Å². The van der Waals surface area contributed by atoms with E-state index in [1.54, 1.807) is 18.2 Å². The second kappa shape index (κ2) is 7.61. The number of nitrogens with zero attached hydrogens (tertiary/aromatic N) is 3. The summed E-state index contributed by atoms with van der Waals surface area (Å²) in [6.07, 6.45) is 4.03. The van der Waals surface area contributed by atoms with Gasteiger partial charge in [0.1, 0.15) is 0 Å². The fourth-order valence-electron chi connectivity index (χ4n) is 3.65. The molecule has 7 heteroatoms. The Hall–Kier alpha value is -2.15. The average Bonchev–Trinajstić information content (AvgIpc) is 3.26. The summed E-state index contributed by atoms with van der Waals surface area (Å²) in [5.41, 5.74) is 0.765. The first-order valence-corrected chi connectivity index (χ1v) is 8.64. The van der Waals surface area contributed by atoms with Gasteiger partial charge in [0.25, 0.3) is 5.69 Å². The molecule has 2 fully saturated rings. The van der Waals surface area contributed by atoms with Gasteiger partial charge in [0.2, 0.25) is 0 Å². The number of benzene rings is 1. The van der Waals surface area contributed by atoms with E-state index in [9.17, 15) is 14.9 Å². The van der Waals surface area contributed by atoms with Gasteiger partial charge in [0.05, 0.1) is 4.92 Å². The van der Waals surface area contributed by atoms with Crippen LogP contribution in [0.15, 0.2) is 24.3 Å². The van der Waals surface area contributed by atoms with E-state index in [2.05, 4.69) is 10.2 Å². The molecule has 1 N–H and O–H groups in total. The number of carbonyl (C=O) groups excluding carboxylic acids is 1. The zero-order valence-corrected chi connectivity index (χ0v) is 13.8. The van der Waals surface area contributed by atoms with Crippen molar-refractivity contribution in [1.82, 2.24) is 15.1 Å². The summed E-state index contributed by atoms with van der Waals surface area (Å²) in [5, 5.41) is 13.9. The Morgan fingerprint density at radius 1 is 1.25 bits per heavy atom. The molecule has 1 atom stereocenters. The summed E-state index contributed by atoms with van der Waals surface area (Å²) in [6, 6.07) is 7.11. The zero-order valence-electron chi connectivity index (χ0n) is 13.8. The van der Waals surface area contributed by atoms with E-state index in [0.29, 0.717) is 24.6 Å². The molecule has 0 radical (unpaired) electrons. The van der Waals surface area contributed by atoms with Crippen molar-refractivity contribution < 1.29 is 9.72 Å². The molecular weight excluding hydrogens is 308 g/mol. The first-order chi connectivity index (χ1) is 11.6. The van der Waals surface area contributed by atoms with E-state index in [-0.39, 0.29) is 16.6 Å². The molecule has 2 aliphatic rings. The zero-order chi connectivity index (χ0) is 16.9. The number of nitro groups is 1. The first-order valence-electron chi connectivity index (χ1n) is 8.64. The fourth-order valence-corrected chi connectivity index (χ4v) is 3.65. The van der Waals surface area contributed by atoms with Crippen LogP contribution in [0.25, 0.3) is 0 Å². The Kier molecular flexibility index (Phi) is 5.30. The molecule has 2 heterocycles. The van der Waals surface area contributed by atoms with Crippen LogP contribution >= 0.6 is 0 Å². The largest absolute Gasteiger partial charge is 0.338 e. The van der Waals surface area contributed by atoms with Gasteiger partial charge in [0.15, 0.2) is 0 Å². The Labute approximate surface area is 141 Å². The molecule has 1 aromatic rings. The quantitative estimate of drug-likeness (QED) is 0.661. The lowest BCUT2D eigenvalue weighted by Crippen LogP contribution is -2.42. The third kappa shape index (κ3) is 3.84. The van der Waals surface area contributed by atoms with Crippen molar-refractivity contribution >= 4 is 11.7 Å². The average molecular weight is 332 g/mol. The highest BCUT2D eigenvalue weighted by Gasteiger charge is 2.31. The molecule has 0 aliphatic carbocycles. The number of hydrogen-bond donors (Lipinski definition) is 1. The summed E-state index contributed by atoms with van der Waals surface area (Å²) in [6.45, 7) is 4.29. The van der Waals surface area contributed by atoms with E-state index in [0.717, 1.165) is 32.6 Å². The molecule has 7 nitrogen and oxygen atoms in total. The fraction of sp³-hybridized carbons (Fsp3) is 0.588. The summed E-state index contributed by atoms with van der Waals surface area (Å²) in [7, 11) is 0. The minimum atomic E-state index is -0.377. The SMILES string of the molecule is O=C(NCCc1ccccc1[N+](=O)[O-])N1CCC(N2CCCC2)C1. The summed E-state index contributed by atoms with van der Waals surface area (Å²) < 4.78 is 0. The maximum absolute atomic E-state index is 12.3. The normalized spacial score (nSPS) is 21.2. The minimum absolute atomic E-state index is 0.0599. The number of urea groups is 1. The van der Waals surface area contributed by atoms with Crippen LogP contribution in [0.2, 0.25) is 0 Å². The van der Waals surface area contributed by atoms with Gasteiger partial charge in [-0.1, -0.05) is 18.2 Å². The summed E-state index contributed by atoms with van der Waals surface area (Å²) in [5.74, 6) is 0. The van der Waals surface area contributed by atoms with Crippen LogP contribution in [0.1, 0.15) is 24.8 Å². The number of likely N-dealkylation sites (tertiary alicyclic amines) is 2. The predicted octanol–water partition coefficient (Wildman–Crippen LogP) is 2.02. The number of amides is 2. The standard InChI is InChI=1S/C17H24N4O3/c22-17(20-12-8-15(13-20)19-10-3-4-11-19)18-9-7-14-5-1-2-6-16(14)21(23)24/h1-2,5-6,15H,3-4,7-13H2,(H,18,22). The van der Waals surface area contributed by atoms with Crippen LogP contribution in [0.5, 0.6) is 0 Å². The molecule has 1 unspecified atom stereocenters. The van der Waals surface area contributed by atoms with Gasteiger partial charge in [0, 0.05) is 37.3 Å². The molecule has 2 saturated heterocycles. The smallest absolute Gasteiger partial charge is 0.317 e. The van der Waals surface area contributed by atoms with E-state index in [1.807, 2.05) is 4.90 Å². The maximum Gasteiger partial charge on any atom is 0.317 e.